The SMILES string of the molecule is CN=C(NCC1(c2ccccc2)CCOCC1)N1CCC(COCCOC)C1. The van der Waals surface area contributed by atoms with Crippen LogP contribution in [0.2, 0.25) is 0 Å². The largest absolute Gasteiger partial charge is 0.382 e. The molecule has 2 fully saturated rings. The molecule has 2 aliphatic rings. The molecule has 0 bridgehead atoms. The van der Waals surface area contributed by atoms with E-state index in [9.17, 15) is 0 Å². The molecule has 3 rings (SSSR count). The lowest BCUT2D eigenvalue weighted by atomic mass is 9.74. The van der Waals surface area contributed by atoms with Crippen molar-refractivity contribution in [2.24, 2.45) is 10.9 Å². The summed E-state index contributed by atoms with van der Waals surface area (Å²) in [5, 5.41) is 3.68. The van der Waals surface area contributed by atoms with Crippen molar-refractivity contribution in [2.75, 3.05) is 66.8 Å². The lowest BCUT2D eigenvalue weighted by Gasteiger charge is -2.39. The van der Waals surface area contributed by atoms with Crippen LogP contribution in [-0.2, 0) is 19.6 Å². The van der Waals surface area contributed by atoms with Crippen LogP contribution in [0.1, 0.15) is 24.8 Å². The van der Waals surface area contributed by atoms with Gasteiger partial charge in [-0.05, 0) is 24.8 Å². The van der Waals surface area contributed by atoms with Gasteiger partial charge in [0.1, 0.15) is 0 Å². The molecule has 0 amide bonds. The highest BCUT2D eigenvalue weighted by molar-refractivity contribution is 5.80. The lowest BCUT2D eigenvalue weighted by molar-refractivity contribution is 0.0509. The maximum atomic E-state index is 5.72. The Morgan fingerprint density at radius 3 is 2.75 bits per heavy atom. The Balaban J connectivity index is 1.55. The number of hydrogen-bond donors (Lipinski definition) is 1. The summed E-state index contributed by atoms with van der Waals surface area (Å²) in [6.07, 6.45) is 3.22. The second kappa shape index (κ2) is 10.8. The second-order valence-corrected chi connectivity index (χ2v) is 7.83. The van der Waals surface area contributed by atoms with Crippen molar-refractivity contribution in [1.29, 1.82) is 0 Å². The summed E-state index contributed by atoms with van der Waals surface area (Å²) >= 11 is 0. The van der Waals surface area contributed by atoms with Crippen molar-refractivity contribution in [3.63, 3.8) is 0 Å². The van der Waals surface area contributed by atoms with Crippen LogP contribution in [0.3, 0.4) is 0 Å². The molecule has 2 saturated heterocycles. The summed E-state index contributed by atoms with van der Waals surface area (Å²) in [7, 11) is 3.58. The number of nitrogens with one attached hydrogen (secondary N) is 1. The number of guanidine groups is 1. The molecule has 1 aromatic carbocycles. The Labute approximate surface area is 169 Å². The average molecular weight is 390 g/mol. The Morgan fingerprint density at radius 1 is 1.25 bits per heavy atom. The molecular weight excluding hydrogens is 354 g/mol. The maximum Gasteiger partial charge on any atom is 0.193 e. The molecule has 2 aliphatic heterocycles. The first-order chi connectivity index (χ1) is 13.8. The molecule has 0 aliphatic carbocycles. The van der Waals surface area contributed by atoms with E-state index in [-0.39, 0.29) is 5.41 Å². The Kier molecular flexibility index (Phi) is 8.13. The summed E-state index contributed by atoms with van der Waals surface area (Å²) < 4.78 is 16.4. The number of rotatable bonds is 8. The van der Waals surface area contributed by atoms with E-state index in [2.05, 4.69) is 45.5 Å². The van der Waals surface area contributed by atoms with E-state index < -0.39 is 0 Å². The highest BCUT2D eigenvalue weighted by atomic mass is 16.5. The predicted molar refractivity (Wildman–Crippen MR) is 112 cm³/mol. The van der Waals surface area contributed by atoms with Crippen LogP contribution in [0, 0.1) is 5.92 Å². The first-order valence-electron chi connectivity index (χ1n) is 10.4. The first-order valence-corrected chi connectivity index (χ1v) is 10.4. The van der Waals surface area contributed by atoms with Gasteiger partial charge in [0, 0.05) is 58.3 Å². The van der Waals surface area contributed by atoms with Crippen molar-refractivity contribution < 1.29 is 14.2 Å². The highest BCUT2D eigenvalue weighted by Crippen LogP contribution is 2.34. The third-order valence-corrected chi connectivity index (χ3v) is 6.00. The van der Waals surface area contributed by atoms with Gasteiger partial charge in [0.2, 0.25) is 0 Å². The van der Waals surface area contributed by atoms with Crippen LogP contribution in [-0.4, -0.2) is 77.7 Å². The zero-order chi connectivity index (χ0) is 19.7. The molecular formula is C22H35N3O3. The quantitative estimate of drug-likeness (QED) is 0.420. The fourth-order valence-corrected chi connectivity index (χ4v) is 4.26. The van der Waals surface area contributed by atoms with E-state index in [0.29, 0.717) is 19.1 Å². The molecule has 6 heteroatoms. The van der Waals surface area contributed by atoms with Crippen LogP contribution in [0.5, 0.6) is 0 Å². The minimum atomic E-state index is 0.109. The number of ether oxygens (including phenoxy) is 3. The number of aliphatic imine (C=N–C) groups is 1. The number of methoxy groups -OCH3 is 1. The van der Waals surface area contributed by atoms with Crippen molar-refractivity contribution >= 4 is 5.96 Å². The zero-order valence-corrected chi connectivity index (χ0v) is 17.4. The molecule has 1 N–H and O–H groups in total. The van der Waals surface area contributed by atoms with Gasteiger partial charge in [0.05, 0.1) is 19.8 Å². The number of nitrogens with zero attached hydrogens (tertiary/aromatic N) is 2. The number of benzene rings is 1. The van der Waals surface area contributed by atoms with Crippen LogP contribution >= 0.6 is 0 Å². The maximum absolute atomic E-state index is 5.72. The monoisotopic (exact) mass is 389 g/mol. The van der Waals surface area contributed by atoms with Gasteiger partial charge < -0.3 is 24.4 Å². The summed E-state index contributed by atoms with van der Waals surface area (Å²) in [6, 6.07) is 10.9. The molecule has 0 radical (unpaired) electrons. The van der Waals surface area contributed by atoms with Crippen LogP contribution in [0.25, 0.3) is 0 Å². The molecule has 0 saturated carbocycles. The Morgan fingerprint density at radius 2 is 2.04 bits per heavy atom. The van der Waals surface area contributed by atoms with Gasteiger partial charge in [-0.1, -0.05) is 30.3 Å². The third-order valence-electron chi connectivity index (χ3n) is 6.00. The third kappa shape index (κ3) is 5.46. The molecule has 0 aromatic heterocycles. The smallest absolute Gasteiger partial charge is 0.193 e. The minimum Gasteiger partial charge on any atom is -0.382 e. The molecule has 156 valence electrons. The van der Waals surface area contributed by atoms with Crippen molar-refractivity contribution in [3.8, 4) is 0 Å². The molecule has 1 atom stereocenters. The highest BCUT2D eigenvalue weighted by Gasteiger charge is 2.35. The van der Waals surface area contributed by atoms with Crippen LogP contribution in [0.15, 0.2) is 35.3 Å². The summed E-state index contributed by atoms with van der Waals surface area (Å²) in [5.41, 5.74) is 1.50. The van der Waals surface area contributed by atoms with Gasteiger partial charge in [-0.15, -0.1) is 0 Å². The summed E-state index contributed by atoms with van der Waals surface area (Å²) in [6.45, 7) is 6.67. The van der Waals surface area contributed by atoms with Gasteiger partial charge >= 0.3 is 0 Å². The van der Waals surface area contributed by atoms with E-state index in [1.807, 2.05) is 7.05 Å². The zero-order valence-electron chi connectivity index (χ0n) is 17.4. The number of likely N-dealkylation sites (tertiary alicyclic amines) is 1. The fraction of sp³-hybridized carbons (Fsp3) is 0.682. The van der Waals surface area contributed by atoms with E-state index in [1.165, 1.54) is 5.56 Å². The lowest BCUT2D eigenvalue weighted by Crippen LogP contribution is -2.49. The fourth-order valence-electron chi connectivity index (χ4n) is 4.26. The average Bonchev–Trinajstić information content (AvgIpc) is 3.22. The van der Waals surface area contributed by atoms with Gasteiger partial charge in [-0.25, -0.2) is 0 Å². The van der Waals surface area contributed by atoms with Gasteiger partial charge in [-0.2, -0.15) is 0 Å². The van der Waals surface area contributed by atoms with Crippen LogP contribution < -0.4 is 5.32 Å². The molecule has 6 nitrogen and oxygen atoms in total. The van der Waals surface area contributed by atoms with Crippen molar-refractivity contribution in [1.82, 2.24) is 10.2 Å². The van der Waals surface area contributed by atoms with E-state index in [1.54, 1.807) is 7.11 Å². The molecule has 0 spiro atoms. The Bertz CT molecular complexity index is 602. The van der Waals surface area contributed by atoms with Crippen molar-refractivity contribution in [3.05, 3.63) is 35.9 Å². The molecule has 28 heavy (non-hydrogen) atoms. The minimum absolute atomic E-state index is 0.109. The van der Waals surface area contributed by atoms with Gasteiger partial charge in [-0.3, -0.25) is 4.99 Å². The molecule has 2 heterocycles. The molecule has 1 unspecified atom stereocenters. The summed E-state index contributed by atoms with van der Waals surface area (Å²) in [4.78, 5) is 6.93. The van der Waals surface area contributed by atoms with Gasteiger partial charge in [0.15, 0.2) is 5.96 Å². The second-order valence-electron chi connectivity index (χ2n) is 7.83. The standard InChI is InChI=1S/C22H35N3O3/c1-23-21(25-11-8-19(16-25)17-28-15-14-26-2)24-18-22(9-12-27-13-10-22)20-6-4-3-5-7-20/h3-7,19H,8-18H2,1-2H3,(H,23,24). The first kappa shape index (κ1) is 21.1. The van der Waals surface area contributed by atoms with Gasteiger partial charge in [0.25, 0.3) is 0 Å². The van der Waals surface area contributed by atoms with E-state index in [0.717, 1.165) is 64.7 Å². The number of hydrogen-bond acceptors (Lipinski definition) is 4. The van der Waals surface area contributed by atoms with E-state index >= 15 is 0 Å². The van der Waals surface area contributed by atoms with E-state index in [4.69, 9.17) is 14.2 Å². The van der Waals surface area contributed by atoms with Crippen LogP contribution in [0.4, 0.5) is 0 Å². The Hall–Kier alpha value is -1.63. The molecule has 1 aromatic rings. The van der Waals surface area contributed by atoms with Crippen molar-refractivity contribution in [2.45, 2.75) is 24.7 Å². The predicted octanol–water partition coefficient (Wildman–Crippen LogP) is 2.30. The topological polar surface area (TPSA) is 55.3 Å². The normalized spacial score (nSPS) is 22.4. The summed E-state index contributed by atoms with van der Waals surface area (Å²) in [5.74, 6) is 1.56.